The van der Waals surface area contributed by atoms with E-state index in [0.29, 0.717) is 12.8 Å². The Balaban J connectivity index is 0. The first-order valence-electron chi connectivity index (χ1n) is 18.7. The molecule has 0 bridgehead atoms. The van der Waals surface area contributed by atoms with E-state index in [4.69, 9.17) is 4.18 Å². The fraction of sp³-hybridized carbons (Fsp3) is 1.00. The summed E-state index contributed by atoms with van der Waals surface area (Å²) in [4.78, 5) is 0. The van der Waals surface area contributed by atoms with E-state index in [1.165, 1.54) is 133 Å². The highest BCUT2D eigenvalue weighted by Gasteiger charge is 2.25. The second-order valence-corrected chi connectivity index (χ2v) is 14.3. The average molecular weight is 623 g/mol. The quantitative estimate of drug-likeness (QED) is 0.0439. The van der Waals surface area contributed by atoms with Crippen LogP contribution in [0.3, 0.4) is 0 Å². The zero-order valence-corrected chi connectivity index (χ0v) is 30.4. The van der Waals surface area contributed by atoms with Crippen molar-refractivity contribution in [3.8, 4) is 0 Å². The molecule has 0 aliphatic heterocycles. The molecule has 0 heterocycles. The van der Waals surface area contributed by atoms with Gasteiger partial charge in [-0.3, -0.25) is 4.18 Å². The highest BCUT2D eigenvalue weighted by molar-refractivity contribution is 7.87. The van der Waals surface area contributed by atoms with Crippen molar-refractivity contribution in [3.05, 3.63) is 0 Å². The lowest BCUT2D eigenvalue weighted by Gasteiger charge is -2.34. The van der Waals surface area contributed by atoms with Crippen molar-refractivity contribution in [1.29, 1.82) is 0 Å². The lowest BCUT2D eigenvalue weighted by atomic mass is 10.0. The van der Waals surface area contributed by atoms with E-state index in [-0.39, 0.29) is 13.0 Å². The fourth-order valence-corrected chi connectivity index (χ4v) is 6.60. The van der Waals surface area contributed by atoms with Crippen molar-refractivity contribution in [2.75, 3.05) is 32.8 Å². The van der Waals surface area contributed by atoms with Crippen LogP contribution in [0.2, 0.25) is 0 Å². The van der Waals surface area contributed by atoms with Crippen molar-refractivity contribution in [2.45, 2.75) is 201 Å². The van der Waals surface area contributed by atoms with Crippen LogP contribution in [0.1, 0.15) is 196 Å². The lowest BCUT2D eigenvalue weighted by Crippen LogP contribution is -2.47. The molecule has 256 valence electrons. The molecule has 1 unspecified atom stereocenters. The molecule has 0 saturated carbocycles. The molecule has 0 fully saturated rings. The van der Waals surface area contributed by atoms with Crippen LogP contribution >= 0.6 is 0 Å². The molecular weight excluding hydrogens is 545 g/mol. The van der Waals surface area contributed by atoms with Gasteiger partial charge in [-0.25, -0.2) is 4.39 Å². The monoisotopic (exact) mass is 623 g/mol. The molecule has 0 aliphatic carbocycles. The van der Waals surface area contributed by atoms with E-state index >= 15 is 0 Å². The zero-order valence-electron chi connectivity index (χ0n) is 29.5. The van der Waals surface area contributed by atoms with E-state index in [2.05, 4.69) is 41.5 Å². The van der Waals surface area contributed by atoms with Crippen molar-refractivity contribution >= 4 is 10.1 Å². The molecule has 0 spiro atoms. The summed E-state index contributed by atoms with van der Waals surface area (Å²) in [5.41, 5.74) is -1.87. The molecule has 6 heteroatoms. The summed E-state index contributed by atoms with van der Waals surface area (Å²) in [5.74, 6) is 0. The summed E-state index contributed by atoms with van der Waals surface area (Å²) in [6.07, 6.45) is 27.9. The van der Waals surface area contributed by atoms with Crippen molar-refractivity contribution in [2.24, 2.45) is 0 Å². The van der Waals surface area contributed by atoms with Gasteiger partial charge in [0.1, 0.15) is 0 Å². The molecule has 0 aromatic heterocycles. The third kappa shape index (κ3) is 27.4. The van der Waals surface area contributed by atoms with Crippen molar-refractivity contribution in [1.82, 2.24) is 0 Å². The fourth-order valence-electron chi connectivity index (χ4n) is 5.65. The molecule has 0 aliphatic rings. The van der Waals surface area contributed by atoms with Crippen LogP contribution in [0.25, 0.3) is 0 Å². The normalized spacial score (nSPS) is 12.7. The van der Waals surface area contributed by atoms with E-state index in [1.807, 2.05) is 0 Å². The minimum absolute atomic E-state index is 0.0646. The SMILES string of the molecule is CCCCCCCCCCCCCCCCCCOS(=O)(=O)C(F)CCCCCCCCC.CC[N+](CC)(CC)CC. The minimum Gasteiger partial charge on any atom is -0.325 e. The van der Waals surface area contributed by atoms with Crippen LogP contribution < -0.4 is 0 Å². The van der Waals surface area contributed by atoms with Crippen LogP contribution in [-0.2, 0) is 14.3 Å². The summed E-state index contributed by atoms with van der Waals surface area (Å²) in [6.45, 7) is 18.8. The number of unbranched alkanes of at least 4 members (excludes halogenated alkanes) is 21. The maximum absolute atomic E-state index is 14.0. The summed E-state index contributed by atoms with van der Waals surface area (Å²) < 4.78 is 44.0. The van der Waals surface area contributed by atoms with E-state index in [1.54, 1.807) is 0 Å². The highest BCUT2D eigenvalue weighted by atomic mass is 32.2. The number of alkyl halides is 1. The average Bonchev–Trinajstić information content (AvgIpc) is 3.00. The van der Waals surface area contributed by atoms with Gasteiger partial charge in [0.25, 0.3) is 10.1 Å². The Kier molecular flexibility index (Phi) is 33.7. The van der Waals surface area contributed by atoms with Gasteiger partial charge >= 0.3 is 0 Å². The Morgan fingerprint density at radius 3 is 1.05 bits per heavy atom. The number of hydrogen-bond acceptors (Lipinski definition) is 3. The van der Waals surface area contributed by atoms with Gasteiger partial charge in [0.05, 0.1) is 32.8 Å². The van der Waals surface area contributed by atoms with Crippen molar-refractivity contribution < 1.29 is 21.5 Å². The first-order chi connectivity index (χ1) is 20.3. The van der Waals surface area contributed by atoms with Gasteiger partial charge in [0.2, 0.25) is 5.50 Å². The summed E-state index contributed by atoms with van der Waals surface area (Å²) in [7, 11) is -4.05. The summed E-state index contributed by atoms with van der Waals surface area (Å²) in [5, 5.41) is 0. The second kappa shape index (κ2) is 32.2. The molecule has 0 rings (SSSR count). The van der Waals surface area contributed by atoms with Crippen LogP contribution in [0.15, 0.2) is 0 Å². The third-order valence-electron chi connectivity index (χ3n) is 9.28. The molecule has 0 aromatic rings. The maximum atomic E-state index is 14.0. The number of rotatable bonds is 31. The Bertz CT molecular complexity index is 608. The molecule has 0 amide bonds. The number of quaternary nitrogens is 1. The Morgan fingerprint density at radius 1 is 0.476 bits per heavy atom. The van der Waals surface area contributed by atoms with E-state index in [0.717, 1.165) is 32.1 Å². The van der Waals surface area contributed by atoms with Gasteiger partial charge in [-0.05, 0) is 47.0 Å². The molecule has 1 atom stereocenters. The van der Waals surface area contributed by atoms with E-state index < -0.39 is 15.6 Å². The minimum atomic E-state index is -4.05. The summed E-state index contributed by atoms with van der Waals surface area (Å²) in [6, 6.07) is 0. The highest BCUT2D eigenvalue weighted by Crippen LogP contribution is 2.18. The number of hydrogen-bond donors (Lipinski definition) is 0. The van der Waals surface area contributed by atoms with Gasteiger partial charge in [0.15, 0.2) is 0 Å². The van der Waals surface area contributed by atoms with Crippen LogP contribution in [0, 0.1) is 0 Å². The molecule has 0 saturated heterocycles. The van der Waals surface area contributed by atoms with Crippen LogP contribution in [0.4, 0.5) is 4.39 Å². The van der Waals surface area contributed by atoms with Crippen LogP contribution in [0.5, 0.6) is 0 Å². The molecule has 0 aromatic carbocycles. The lowest BCUT2D eigenvalue weighted by molar-refractivity contribution is -0.921. The molecule has 0 radical (unpaired) electrons. The van der Waals surface area contributed by atoms with E-state index in [9.17, 15) is 12.8 Å². The van der Waals surface area contributed by atoms with Gasteiger partial charge in [-0.15, -0.1) is 0 Å². The first kappa shape index (κ1) is 43.9. The smallest absolute Gasteiger partial charge is 0.299 e. The molecule has 42 heavy (non-hydrogen) atoms. The van der Waals surface area contributed by atoms with Crippen molar-refractivity contribution in [3.63, 3.8) is 0 Å². The Labute approximate surface area is 265 Å². The van der Waals surface area contributed by atoms with Gasteiger partial charge in [0, 0.05) is 0 Å². The van der Waals surface area contributed by atoms with Crippen LogP contribution in [-0.4, -0.2) is 51.2 Å². The Morgan fingerprint density at radius 2 is 0.762 bits per heavy atom. The number of nitrogens with zero attached hydrogens (tertiary/aromatic N) is 1. The third-order valence-corrected chi connectivity index (χ3v) is 10.6. The Hall–Kier alpha value is -0.200. The zero-order chi connectivity index (χ0) is 31.8. The standard InChI is InChI=1S/C28H57FO3S.C8H20N/c1-3-5-7-9-11-12-13-14-15-16-17-18-19-21-23-25-27-32-33(30,31)28(29)26-24-22-20-10-8-6-4-2;1-5-9(6-2,7-3)8-4/h28H,3-27H2,1-2H3;5-8H2,1-4H3/q;+1. The van der Waals surface area contributed by atoms with Gasteiger partial charge < -0.3 is 4.48 Å². The maximum Gasteiger partial charge on any atom is 0.299 e. The second-order valence-electron chi connectivity index (χ2n) is 12.5. The number of halogens is 1. The van der Waals surface area contributed by atoms with Gasteiger partial charge in [-0.2, -0.15) is 8.42 Å². The molecule has 0 N–H and O–H groups in total. The molecular formula is C36H77FNO3S+. The molecule has 4 nitrogen and oxygen atoms in total. The summed E-state index contributed by atoms with van der Waals surface area (Å²) >= 11 is 0. The first-order valence-corrected chi connectivity index (χ1v) is 20.1. The van der Waals surface area contributed by atoms with Gasteiger partial charge in [-0.1, -0.05) is 149 Å². The predicted molar refractivity (Wildman–Crippen MR) is 184 cm³/mol. The largest absolute Gasteiger partial charge is 0.325 e. The topological polar surface area (TPSA) is 43.4 Å². The predicted octanol–water partition coefficient (Wildman–Crippen LogP) is 11.9.